The fraction of sp³-hybridized carbons (Fsp3) is 0.312. The van der Waals surface area contributed by atoms with Crippen molar-refractivity contribution in [3.63, 3.8) is 0 Å². The van der Waals surface area contributed by atoms with Gasteiger partial charge in [0, 0.05) is 17.4 Å². The fourth-order valence-electron chi connectivity index (χ4n) is 2.20. The molecule has 19 heavy (non-hydrogen) atoms. The number of rotatable bonds is 5. The number of pyridine rings is 1. The summed E-state index contributed by atoms with van der Waals surface area (Å²) in [5, 5.41) is 12.8. The SMILES string of the molecule is CCc1cccc(CC)c1Nc1ncccc1CO. The molecule has 3 nitrogen and oxygen atoms in total. The van der Waals surface area contributed by atoms with Crippen LogP contribution in [-0.4, -0.2) is 10.1 Å². The minimum absolute atomic E-state index is 0.00801. The zero-order valence-corrected chi connectivity index (χ0v) is 11.5. The number of aryl methyl sites for hydroxylation is 2. The van der Waals surface area contributed by atoms with Crippen molar-refractivity contribution in [2.45, 2.75) is 33.3 Å². The Balaban J connectivity index is 2.42. The molecule has 0 amide bonds. The predicted octanol–water partition coefficient (Wildman–Crippen LogP) is 3.44. The summed E-state index contributed by atoms with van der Waals surface area (Å²) in [4.78, 5) is 4.32. The molecule has 0 radical (unpaired) electrons. The van der Waals surface area contributed by atoms with Crippen molar-refractivity contribution in [3.05, 3.63) is 53.2 Å². The number of aliphatic hydroxyl groups is 1. The monoisotopic (exact) mass is 256 g/mol. The summed E-state index contributed by atoms with van der Waals surface area (Å²) < 4.78 is 0. The van der Waals surface area contributed by atoms with Gasteiger partial charge in [-0.1, -0.05) is 38.1 Å². The number of aromatic nitrogens is 1. The van der Waals surface area contributed by atoms with Crippen LogP contribution in [-0.2, 0) is 19.4 Å². The molecule has 2 rings (SSSR count). The van der Waals surface area contributed by atoms with Crippen molar-refractivity contribution in [1.29, 1.82) is 0 Å². The molecule has 0 saturated heterocycles. The Labute approximate surface area is 114 Å². The Morgan fingerprint density at radius 3 is 2.21 bits per heavy atom. The van der Waals surface area contributed by atoms with Gasteiger partial charge < -0.3 is 10.4 Å². The molecular formula is C16H20N2O. The average molecular weight is 256 g/mol. The first-order chi connectivity index (χ1) is 9.30. The lowest BCUT2D eigenvalue weighted by Gasteiger charge is -2.16. The van der Waals surface area contributed by atoms with Gasteiger partial charge in [0.1, 0.15) is 5.82 Å². The minimum atomic E-state index is -0.00801. The van der Waals surface area contributed by atoms with Crippen LogP contribution in [0.3, 0.4) is 0 Å². The molecule has 0 aliphatic rings. The molecule has 0 fully saturated rings. The van der Waals surface area contributed by atoms with Gasteiger partial charge in [0.25, 0.3) is 0 Å². The van der Waals surface area contributed by atoms with E-state index in [0.717, 1.165) is 29.9 Å². The maximum absolute atomic E-state index is 9.37. The maximum Gasteiger partial charge on any atom is 0.135 e. The number of aliphatic hydroxyl groups excluding tert-OH is 1. The van der Waals surface area contributed by atoms with E-state index >= 15 is 0 Å². The molecule has 0 unspecified atom stereocenters. The number of nitrogens with one attached hydrogen (secondary N) is 1. The molecule has 0 bridgehead atoms. The van der Waals surface area contributed by atoms with Gasteiger partial charge in [-0.2, -0.15) is 0 Å². The van der Waals surface area contributed by atoms with Gasteiger partial charge in [0.05, 0.1) is 6.61 Å². The van der Waals surface area contributed by atoms with Crippen molar-refractivity contribution in [2.75, 3.05) is 5.32 Å². The number of hydrogen-bond acceptors (Lipinski definition) is 3. The second-order valence-corrected chi connectivity index (χ2v) is 4.45. The van der Waals surface area contributed by atoms with Gasteiger partial charge in [0.15, 0.2) is 0 Å². The molecule has 0 saturated carbocycles. The molecule has 2 N–H and O–H groups in total. The zero-order chi connectivity index (χ0) is 13.7. The summed E-state index contributed by atoms with van der Waals surface area (Å²) in [6.45, 7) is 4.28. The van der Waals surface area contributed by atoms with Crippen LogP contribution >= 0.6 is 0 Å². The molecule has 0 spiro atoms. The highest BCUT2D eigenvalue weighted by Crippen LogP contribution is 2.27. The van der Waals surface area contributed by atoms with Gasteiger partial charge in [-0.05, 0) is 30.0 Å². The third-order valence-corrected chi connectivity index (χ3v) is 3.30. The first kappa shape index (κ1) is 13.6. The molecule has 0 aliphatic heterocycles. The third kappa shape index (κ3) is 2.93. The summed E-state index contributed by atoms with van der Waals surface area (Å²) in [6, 6.07) is 10.1. The van der Waals surface area contributed by atoms with Crippen LogP contribution in [0.1, 0.15) is 30.5 Å². The van der Waals surface area contributed by atoms with Crippen LogP contribution in [0.5, 0.6) is 0 Å². The second kappa shape index (κ2) is 6.34. The van der Waals surface area contributed by atoms with E-state index in [-0.39, 0.29) is 6.61 Å². The first-order valence-corrected chi connectivity index (χ1v) is 6.72. The Morgan fingerprint density at radius 2 is 1.63 bits per heavy atom. The van der Waals surface area contributed by atoms with Crippen LogP contribution in [0.25, 0.3) is 0 Å². The van der Waals surface area contributed by atoms with E-state index in [4.69, 9.17) is 0 Å². The number of nitrogens with zero attached hydrogens (tertiary/aromatic N) is 1. The van der Waals surface area contributed by atoms with E-state index in [1.165, 1.54) is 11.1 Å². The molecule has 0 aliphatic carbocycles. The zero-order valence-electron chi connectivity index (χ0n) is 11.5. The van der Waals surface area contributed by atoms with Gasteiger partial charge in [-0.25, -0.2) is 4.98 Å². The third-order valence-electron chi connectivity index (χ3n) is 3.30. The standard InChI is InChI=1S/C16H20N2O/c1-3-12-7-5-8-13(4-2)15(12)18-16-14(11-19)9-6-10-17-16/h5-10,19H,3-4,11H2,1-2H3,(H,17,18). The van der Waals surface area contributed by atoms with E-state index in [2.05, 4.69) is 42.3 Å². The second-order valence-electron chi connectivity index (χ2n) is 4.45. The molecular weight excluding hydrogens is 236 g/mol. The summed E-state index contributed by atoms with van der Waals surface area (Å²) in [5.74, 6) is 0.737. The topological polar surface area (TPSA) is 45.2 Å². The summed E-state index contributed by atoms with van der Waals surface area (Å²) in [5.41, 5.74) is 4.49. The van der Waals surface area contributed by atoms with E-state index in [1.807, 2.05) is 12.1 Å². The number of anilines is 2. The highest BCUT2D eigenvalue weighted by molar-refractivity contribution is 5.66. The molecule has 0 atom stereocenters. The minimum Gasteiger partial charge on any atom is -0.392 e. The molecule has 2 aromatic rings. The van der Waals surface area contributed by atoms with Crippen molar-refractivity contribution >= 4 is 11.5 Å². The van der Waals surface area contributed by atoms with Crippen LogP contribution in [0.2, 0.25) is 0 Å². The van der Waals surface area contributed by atoms with Crippen molar-refractivity contribution in [3.8, 4) is 0 Å². The smallest absolute Gasteiger partial charge is 0.135 e. The molecule has 1 aromatic carbocycles. The number of benzene rings is 1. The van der Waals surface area contributed by atoms with Crippen LogP contribution < -0.4 is 5.32 Å². The number of hydrogen-bond donors (Lipinski definition) is 2. The molecule has 1 aromatic heterocycles. The van der Waals surface area contributed by atoms with Gasteiger partial charge in [-0.3, -0.25) is 0 Å². The molecule has 3 heteroatoms. The lowest BCUT2D eigenvalue weighted by Crippen LogP contribution is -2.04. The lowest BCUT2D eigenvalue weighted by atomic mass is 10.0. The van der Waals surface area contributed by atoms with Gasteiger partial charge in [-0.15, -0.1) is 0 Å². The summed E-state index contributed by atoms with van der Waals surface area (Å²) >= 11 is 0. The Kier molecular flexibility index (Phi) is 4.53. The molecule has 100 valence electrons. The normalized spacial score (nSPS) is 10.5. The van der Waals surface area contributed by atoms with Crippen molar-refractivity contribution in [1.82, 2.24) is 4.98 Å². The van der Waals surface area contributed by atoms with E-state index in [0.29, 0.717) is 0 Å². The van der Waals surface area contributed by atoms with E-state index in [9.17, 15) is 5.11 Å². The molecule has 1 heterocycles. The van der Waals surface area contributed by atoms with Gasteiger partial charge >= 0.3 is 0 Å². The summed E-state index contributed by atoms with van der Waals surface area (Å²) in [6.07, 6.45) is 3.68. The van der Waals surface area contributed by atoms with Crippen LogP contribution in [0, 0.1) is 0 Å². The Bertz CT molecular complexity index is 530. The Morgan fingerprint density at radius 1 is 1.00 bits per heavy atom. The highest BCUT2D eigenvalue weighted by atomic mass is 16.3. The van der Waals surface area contributed by atoms with Crippen molar-refractivity contribution < 1.29 is 5.11 Å². The van der Waals surface area contributed by atoms with Gasteiger partial charge in [0.2, 0.25) is 0 Å². The Hall–Kier alpha value is -1.87. The maximum atomic E-state index is 9.37. The van der Waals surface area contributed by atoms with Crippen LogP contribution in [0.15, 0.2) is 36.5 Å². The van der Waals surface area contributed by atoms with E-state index < -0.39 is 0 Å². The highest BCUT2D eigenvalue weighted by Gasteiger charge is 2.09. The summed E-state index contributed by atoms with van der Waals surface area (Å²) in [7, 11) is 0. The number of para-hydroxylation sites is 1. The van der Waals surface area contributed by atoms with E-state index in [1.54, 1.807) is 6.20 Å². The van der Waals surface area contributed by atoms with Crippen LogP contribution in [0.4, 0.5) is 11.5 Å². The lowest BCUT2D eigenvalue weighted by molar-refractivity contribution is 0.282. The first-order valence-electron chi connectivity index (χ1n) is 6.72. The largest absolute Gasteiger partial charge is 0.392 e. The predicted molar refractivity (Wildman–Crippen MR) is 78.6 cm³/mol. The quantitative estimate of drug-likeness (QED) is 0.861. The van der Waals surface area contributed by atoms with Crippen molar-refractivity contribution in [2.24, 2.45) is 0 Å². The average Bonchev–Trinajstić information content (AvgIpc) is 2.48. The fourth-order valence-corrected chi connectivity index (χ4v) is 2.20.